The molecule has 0 saturated heterocycles. The first kappa shape index (κ1) is 42.9. The number of nitrogens with one attached hydrogen (secondary N) is 3. The van der Waals surface area contributed by atoms with Gasteiger partial charge < -0.3 is 26.6 Å². The summed E-state index contributed by atoms with van der Waals surface area (Å²) in [6.45, 7) is 5.27. The average Bonchev–Trinajstić information content (AvgIpc) is 3.76. The Morgan fingerprint density at radius 1 is 0.621 bits per heavy atom. The molecule has 66 heavy (non-hydrogen) atoms. The Morgan fingerprint density at radius 2 is 1.33 bits per heavy atom. The van der Waals surface area contributed by atoms with E-state index in [0.29, 0.717) is 30.3 Å². The number of carbonyl (C=O) groups excluding carboxylic acids is 3. The SMILES string of the molecule is Cc1cc(-c2ccc(CC(=O)Nc3ccc(-c4ccc5c(c4)CCN5C(=O)c4ccccc4C)nc3)cc2)ccc1CNc1cc(-c2cccc(NC(=O)Cc3ccccc3)n2)ccc1N. The van der Waals surface area contributed by atoms with Crippen LogP contribution < -0.4 is 26.6 Å². The largest absolute Gasteiger partial charge is 0.397 e. The minimum Gasteiger partial charge on any atom is -0.397 e. The Labute approximate surface area is 384 Å². The lowest BCUT2D eigenvalue weighted by atomic mass is 9.98. The van der Waals surface area contributed by atoms with E-state index in [1.54, 1.807) is 12.3 Å². The van der Waals surface area contributed by atoms with Crippen LogP contribution in [0.15, 0.2) is 170 Å². The zero-order chi connectivity index (χ0) is 45.6. The minimum atomic E-state index is -0.127. The van der Waals surface area contributed by atoms with Crippen LogP contribution in [-0.2, 0) is 35.4 Å². The summed E-state index contributed by atoms with van der Waals surface area (Å²) in [5.74, 6) is 0.257. The molecular weight excluding hydrogens is 819 g/mol. The maximum atomic E-state index is 13.3. The topological polar surface area (TPSA) is 142 Å². The first-order valence-corrected chi connectivity index (χ1v) is 22.0. The Morgan fingerprint density at radius 3 is 2.11 bits per heavy atom. The van der Waals surface area contributed by atoms with Crippen molar-refractivity contribution in [1.82, 2.24) is 9.97 Å². The van der Waals surface area contributed by atoms with E-state index in [-0.39, 0.29) is 30.6 Å². The van der Waals surface area contributed by atoms with E-state index in [9.17, 15) is 14.4 Å². The molecule has 6 aromatic carbocycles. The quantitative estimate of drug-likeness (QED) is 0.0845. The number of anilines is 5. The number of aryl methyl sites for hydroxylation is 2. The van der Waals surface area contributed by atoms with Gasteiger partial charge in [0, 0.05) is 35.5 Å². The zero-order valence-electron chi connectivity index (χ0n) is 36.8. The van der Waals surface area contributed by atoms with Crippen LogP contribution in [-0.4, -0.2) is 34.2 Å². The van der Waals surface area contributed by atoms with Crippen LogP contribution in [0, 0.1) is 13.8 Å². The molecule has 0 atom stereocenters. The molecule has 9 rings (SSSR count). The Balaban J connectivity index is 0.772. The molecule has 1 aliphatic heterocycles. The van der Waals surface area contributed by atoms with Gasteiger partial charge in [0.2, 0.25) is 11.8 Å². The van der Waals surface area contributed by atoms with Gasteiger partial charge in [-0.05, 0) is 119 Å². The van der Waals surface area contributed by atoms with Crippen molar-refractivity contribution in [2.24, 2.45) is 0 Å². The summed E-state index contributed by atoms with van der Waals surface area (Å²) in [7, 11) is 0. The van der Waals surface area contributed by atoms with Crippen molar-refractivity contribution in [1.29, 1.82) is 0 Å². The molecule has 10 nitrogen and oxygen atoms in total. The van der Waals surface area contributed by atoms with E-state index in [0.717, 1.165) is 90.4 Å². The zero-order valence-corrected chi connectivity index (χ0v) is 36.8. The van der Waals surface area contributed by atoms with Crippen LogP contribution in [0.3, 0.4) is 0 Å². The highest BCUT2D eigenvalue weighted by molar-refractivity contribution is 6.08. The van der Waals surface area contributed by atoms with Crippen molar-refractivity contribution in [3.05, 3.63) is 209 Å². The van der Waals surface area contributed by atoms with Crippen molar-refractivity contribution in [3.8, 4) is 33.6 Å². The lowest BCUT2D eigenvalue weighted by Crippen LogP contribution is -2.29. The van der Waals surface area contributed by atoms with Gasteiger partial charge in [-0.15, -0.1) is 0 Å². The number of hydrogen-bond acceptors (Lipinski definition) is 7. The predicted molar refractivity (Wildman–Crippen MR) is 265 cm³/mol. The van der Waals surface area contributed by atoms with E-state index >= 15 is 0 Å². The first-order chi connectivity index (χ1) is 32.1. The maximum absolute atomic E-state index is 13.3. The first-order valence-electron chi connectivity index (χ1n) is 22.0. The van der Waals surface area contributed by atoms with Crippen LogP contribution in [0.2, 0.25) is 0 Å². The Kier molecular flexibility index (Phi) is 12.5. The lowest BCUT2D eigenvalue weighted by molar-refractivity contribution is -0.116. The van der Waals surface area contributed by atoms with Crippen LogP contribution in [0.1, 0.15) is 43.7 Å². The van der Waals surface area contributed by atoms with E-state index in [2.05, 4.69) is 52.1 Å². The molecule has 0 saturated carbocycles. The molecule has 0 unspecified atom stereocenters. The molecule has 1 aliphatic rings. The van der Waals surface area contributed by atoms with Crippen molar-refractivity contribution < 1.29 is 14.4 Å². The second-order valence-corrected chi connectivity index (χ2v) is 16.6. The van der Waals surface area contributed by atoms with Gasteiger partial charge in [0.15, 0.2) is 0 Å². The molecule has 0 bridgehead atoms. The van der Waals surface area contributed by atoms with Gasteiger partial charge in [-0.1, -0.05) is 109 Å². The van der Waals surface area contributed by atoms with Gasteiger partial charge in [0.25, 0.3) is 5.91 Å². The molecule has 326 valence electrons. The molecule has 8 aromatic rings. The molecule has 5 N–H and O–H groups in total. The summed E-state index contributed by atoms with van der Waals surface area (Å²) < 4.78 is 0. The predicted octanol–water partition coefficient (Wildman–Crippen LogP) is 10.9. The van der Waals surface area contributed by atoms with Crippen LogP contribution >= 0.6 is 0 Å². The third-order valence-corrected chi connectivity index (χ3v) is 12.0. The number of benzene rings is 6. The standard InChI is InChI=1S/C56H49N7O3/c1-36-9-6-7-12-47(36)56(66)63-28-27-44-32-42(22-26-52(44)63)49-25-23-46(35-59-49)60-54(64)31-39-15-17-40(18-16-39)41-19-20-45(37(2)29-41)34-58-51-33-43(21-24-48(51)57)50-13-8-14-53(61-50)62-55(65)30-38-10-4-3-5-11-38/h3-26,29,32-33,35,58H,27-28,30-31,34,57H2,1-2H3,(H,60,64)(H,61,62,65). The average molecular weight is 868 g/mol. The smallest absolute Gasteiger partial charge is 0.258 e. The molecule has 0 fully saturated rings. The second kappa shape index (κ2) is 19.2. The van der Waals surface area contributed by atoms with Gasteiger partial charge in [-0.2, -0.15) is 0 Å². The minimum absolute atomic E-state index is 0.0214. The number of nitrogens with zero attached hydrogens (tertiary/aromatic N) is 3. The van der Waals surface area contributed by atoms with Gasteiger partial charge in [-0.3, -0.25) is 19.4 Å². The van der Waals surface area contributed by atoms with Crippen molar-refractivity contribution in [2.75, 3.05) is 33.1 Å². The summed E-state index contributed by atoms with van der Waals surface area (Å²) in [4.78, 5) is 50.3. The number of hydrogen-bond donors (Lipinski definition) is 4. The van der Waals surface area contributed by atoms with E-state index < -0.39 is 0 Å². The fraction of sp³-hybridized carbons (Fsp3) is 0.125. The molecule has 2 aromatic heterocycles. The van der Waals surface area contributed by atoms with E-state index in [1.165, 1.54) is 0 Å². The third-order valence-electron chi connectivity index (χ3n) is 12.0. The third kappa shape index (κ3) is 9.88. The number of nitrogens with two attached hydrogens (primary N) is 1. The highest BCUT2D eigenvalue weighted by atomic mass is 16.2. The van der Waals surface area contributed by atoms with Gasteiger partial charge in [0.05, 0.1) is 47.5 Å². The van der Waals surface area contributed by atoms with Crippen molar-refractivity contribution >= 4 is 46.3 Å². The number of pyridine rings is 2. The fourth-order valence-electron chi connectivity index (χ4n) is 8.34. The van der Waals surface area contributed by atoms with Gasteiger partial charge in [0.1, 0.15) is 5.82 Å². The second-order valence-electron chi connectivity index (χ2n) is 16.6. The molecule has 3 amide bonds. The molecule has 3 heterocycles. The molecular formula is C56H49N7O3. The number of fused-ring (bicyclic) bond motifs is 1. The van der Waals surface area contributed by atoms with Crippen LogP contribution in [0.25, 0.3) is 33.6 Å². The number of aromatic nitrogens is 2. The number of amides is 3. The van der Waals surface area contributed by atoms with E-state index in [4.69, 9.17) is 10.7 Å². The van der Waals surface area contributed by atoms with Crippen LogP contribution in [0.5, 0.6) is 0 Å². The normalized spacial score (nSPS) is 11.8. The summed E-state index contributed by atoms with van der Waals surface area (Å²) in [5.41, 5.74) is 21.8. The van der Waals surface area contributed by atoms with Crippen molar-refractivity contribution in [3.63, 3.8) is 0 Å². The highest BCUT2D eigenvalue weighted by Gasteiger charge is 2.27. The highest BCUT2D eigenvalue weighted by Crippen LogP contribution is 2.34. The molecule has 0 aliphatic carbocycles. The maximum Gasteiger partial charge on any atom is 0.258 e. The summed E-state index contributed by atoms with van der Waals surface area (Å²) in [6.07, 6.45) is 2.96. The summed E-state index contributed by atoms with van der Waals surface area (Å²) in [5, 5.41) is 9.41. The molecule has 0 spiro atoms. The fourth-order valence-corrected chi connectivity index (χ4v) is 8.34. The summed E-state index contributed by atoms with van der Waals surface area (Å²) >= 11 is 0. The van der Waals surface area contributed by atoms with Crippen molar-refractivity contribution in [2.45, 2.75) is 39.7 Å². The number of rotatable bonds is 13. The van der Waals surface area contributed by atoms with Gasteiger partial charge >= 0.3 is 0 Å². The van der Waals surface area contributed by atoms with E-state index in [1.807, 2.05) is 145 Å². The monoisotopic (exact) mass is 867 g/mol. The Hall–Kier alpha value is -8.37. The lowest BCUT2D eigenvalue weighted by Gasteiger charge is -2.19. The number of carbonyl (C=O) groups is 3. The number of nitrogen functional groups attached to an aromatic ring is 1. The van der Waals surface area contributed by atoms with Gasteiger partial charge in [-0.25, -0.2) is 4.98 Å². The molecule has 0 radical (unpaired) electrons. The molecule has 10 heteroatoms. The Bertz CT molecular complexity index is 3080. The van der Waals surface area contributed by atoms with Crippen LogP contribution in [0.4, 0.5) is 28.6 Å². The summed E-state index contributed by atoms with van der Waals surface area (Å²) in [6, 6.07) is 53.0.